The molecule has 0 unspecified atom stereocenters. The number of hydrogen-bond acceptors (Lipinski definition) is 5. The second-order valence-corrected chi connectivity index (χ2v) is 16.0. The lowest BCUT2D eigenvalue weighted by Gasteiger charge is -2.39. The van der Waals surface area contributed by atoms with Gasteiger partial charge in [-0.2, -0.15) is 0 Å². The summed E-state index contributed by atoms with van der Waals surface area (Å²) in [6.45, 7) is 12.9. The van der Waals surface area contributed by atoms with E-state index >= 15 is 0 Å². The molecule has 2 aromatic carbocycles. The first-order valence-electron chi connectivity index (χ1n) is 12.3. The molecule has 0 saturated carbocycles. The van der Waals surface area contributed by atoms with E-state index in [1.54, 1.807) is 6.07 Å². The molecule has 0 aromatic heterocycles. The van der Waals surface area contributed by atoms with Crippen molar-refractivity contribution in [3.8, 4) is 5.75 Å². The standard InChI is InChI=1S/C28H43NO5Si/c1-27(2,16-21-9-7-8-20(14-21)10-13-26(32)33)29-18-24(17-28(3,4)35(5,6)34)22-11-12-25(31)23(15-22)19-30/h7-9,11-12,14-15,24,29-31,34H,10,13,16-19H2,1-6H3,(H,32,33)/t24-/m0/s1. The quantitative estimate of drug-likeness (QED) is 0.248. The molecule has 7 heteroatoms. The second-order valence-electron chi connectivity index (χ2n) is 11.5. The Labute approximate surface area is 211 Å². The van der Waals surface area contributed by atoms with Gasteiger partial charge in [-0.3, -0.25) is 4.79 Å². The summed E-state index contributed by atoms with van der Waals surface area (Å²) < 4.78 is 0. The van der Waals surface area contributed by atoms with Crippen LogP contribution in [0.2, 0.25) is 18.1 Å². The maximum absolute atomic E-state index is 10.9. The van der Waals surface area contributed by atoms with Gasteiger partial charge in [-0.1, -0.05) is 44.2 Å². The number of aromatic hydroxyl groups is 1. The Hall–Kier alpha value is -2.19. The number of carboxylic acids is 1. The molecule has 0 aliphatic heterocycles. The Bertz CT molecular complexity index is 997. The summed E-state index contributed by atoms with van der Waals surface area (Å²) in [5.41, 5.74) is 3.48. The van der Waals surface area contributed by atoms with Gasteiger partial charge in [0.15, 0.2) is 8.32 Å². The lowest BCUT2D eigenvalue weighted by molar-refractivity contribution is -0.136. The Morgan fingerprint density at radius 2 is 1.71 bits per heavy atom. The molecular formula is C28H43NO5Si. The molecule has 0 heterocycles. The van der Waals surface area contributed by atoms with Crippen LogP contribution in [-0.2, 0) is 24.2 Å². The third kappa shape index (κ3) is 8.76. The number of aliphatic hydroxyl groups is 1. The maximum Gasteiger partial charge on any atom is 0.303 e. The Balaban J connectivity index is 2.21. The number of hydrogen-bond donors (Lipinski definition) is 5. The molecule has 0 aliphatic rings. The number of aliphatic carboxylic acids is 1. The number of phenols is 1. The first kappa shape index (κ1) is 29.0. The molecule has 35 heavy (non-hydrogen) atoms. The van der Waals surface area contributed by atoms with Crippen molar-refractivity contribution >= 4 is 14.3 Å². The monoisotopic (exact) mass is 501 g/mol. The Morgan fingerprint density at radius 3 is 2.31 bits per heavy atom. The van der Waals surface area contributed by atoms with E-state index in [2.05, 4.69) is 45.1 Å². The highest BCUT2D eigenvalue weighted by atomic mass is 28.4. The van der Waals surface area contributed by atoms with Crippen LogP contribution in [0.1, 0.15) is 68.7 Å². The van der Waals surface area contributed by atoms with E-state index in [1.165, 1.54) is 0 Å². The van der Waals surface area contributed by atoms with Gasteiger partial charge in [-0.25, -0.2) is 0 Å². The van der Waals surface area contributed by atoms with Gasteiger partial charge < -0.3 is 25.4 Å². The Morgan fingerprint density at radius 1 is 1.06 bits per heavy atom. The van der Waals surface area contributed by atoms with Gasteiger partial charge in [-0.15, -0.1) is 0 Å². The normalized spacial score (nSPS) is 13.6. The van der Waals surface area contributed by atoms with Crippen LogP contribution in [0.25, 0.3) is 0 Å². The zero-order valence-corrected chi connectivity index (χ0v) is 23.1. The zero-order valence-electron chi connectivity index (χ0n) is 22.1. The van der Waals surface area contributed by atoms with E-state index in [4.69, 9.17) is 5.11 Å². The fraction of sp³-hybridized carbons (Fsp3) is 0.536. The van der Waals surface area contributed by atoms with Crippen LogP contribution in [0.5, 0.6) is 5.75 Å². The molecule has 0 bridgehead atoms. The summed E-state index contributed by atoms with van der Waals surface area (Å²) in [7, 11) is -2.44. The van der Waals surface area contributed by atoms with Crippen molar-refractivity contribution in [3.05, 3.63) is 64.7 Å². The molecule has 2 rings (SSSR count). The number of rotatable bonds is 13. The zero-order chi connectivity index (χ0) is 26.4. The molecule has 2 aromatic rings. The minimum absolute atomic E-state index is 0.0796. The van der Waals surface area contributed by atoms with Gasteiger partial charge in [0.25, 0.3) is 0 Å². The fourth-order valence-corrected chi connectivity index (χ4v) is 5.02. The van der Waals surface area contributed by atoms with Gasteiger partial charge in [0, 0.05) is 24.1 Å². The van der Waals surface area contributed by atoms with Gasteiger partial charge in [-0.05, 0) is 86.0 Å². The Kier molecular flexibility index (Phi) is 9.70. The van der Waals surface area contributed by atoms with Crippen LogP contribution < -0.4 is 5.32 Å². The second kappa shape index (κ2) is 11.7. The molecule has 5 N–H and O–H groups in total. The van der Waals surface area contributed by atoms with Crippen molar-refractivity contribution in [2.45, 2.75) is 89.6 Å². The third-order valence-corrected chi connectivity index (χ3v) is 10.8. The van der Waals surface area contributed by atoms with Crippen molar-refractivity contribution < 1.29 is 24.9 Å². The summed E-state index contributed by atoms with van der Waals surface area (Å²) >= 11 is 0. The first-order chi connectivity index (χ1) is 16.1. The van der Waals surface area contributed by atoms with Gasteiger partial charge in [0.1, 0.15) is 5.75 Å². The van der Waals surface area contributed by atoms with Crippen LogP contribution in [0.4, 0.5) is 0 Å². The van der Waals surface area contributed by atoms with Crippen LogP contribution >= 0.6 is 0 Å². The summed E-state index contributed by atoms with van der Waals surface area (Å²) in [5.74, 6) is -0.628. The maximum atomic E-state index is 10.9. The lowest BCUT2D eigenvalue weighted by Crippen LogP contribution is -2.45. The number of nitrogens with one attached hydrogen (secondary N) is 1. The SMILES string of the molecule is CC(C)(Cc1cccc(CCC(=O)O)c1)NC[C@H](CC(C)(C)[Si](C)(C)O)c1ccc(O)c(CO)c1. The van der Waals surface area contributed by atoms with E-state index < -0.39 is 14.3 Å². The van der Waals surface area contributed by atoms with Crippen molar-refractivity contribution in [3.63, 3.8) is 0 Å². The lowest BCUT2D eigenvalue weighted by atomic mass is 9.87. The molecule has 6 nitrogen and oxygen atoms in total. The number of aliphatic hydroxyl groups excluding tert-OH is 1. The number of aryl methyl sites for hydroxylation is 1. The van der Waals surface area contributed by atoms with Crippen LogP contribution in [0.3, 0.4) is 0 Å². The largest absolute Gasteiger partial charge is 0.508 e. The summed E-state index contributed by atoms with van der Waals surface area (Å²) in [5, 5.41) is 32.2. The smallest absolute Gasteiger partial charge is 0.303 e. The van der Waals surface area contributed by atoms with Gasteiger partial charge in [0.05, 0.1) is 6.61 Å². The summed E-state index contributed by atoms with van der Waals surface area (Å²) in [6, 6.07) is 13.5. The van der Waals surface area contributed by atoms with Gasteiger partial charge in [0.2, 0.25) is 0 Å². The summed E-state index contributed by atoms with van der Waals surface area (Å²) in [4.78, 5) is 21.8. The van der Waals surface area contributed by atoms with Crippen molar-refractivity contribution in [2.75, 3.05) is 6.54 Å². The first-order valence-corrected chi connectivity index (χ1v) is 15.3. The van der Waals surface area contributed by atoms with Crippen molar-refractivity contribution in [1.29, 1.82) is 0 Å². The molecule has 0 spiro atoms. The van der Waals surface area contributed by atoms with E-state index in [-0.39, 0.29) is 35.3 Å². The van der Waals surface area contributed by atoms with Gasteiger partial charge >= 0.3 is 5.97 Å². The molecule has 0 radical (unpaired) electrons. The minimum Gasteiger partial charge on any atom is -0.508 e. The fourth-order valence-electron chi connectivity index (χ4n) is 4.28. The highest BCUT2D eigenvalue weighted by molar-refractivity contribution is 6.72. The molecule has 0 aliphatic carbocycles. The molecular weight excluding hydrogens is 458 g/mol. The molecule has 1 atom stereocenters. The molecule has 0 amide bonds. The highest BCUT2D eigenvalue weighted by Gasteiger charge is 2.40. The third-order valence-electron chi connectivity index (χ3n) is 7.25. The van der Waals surface area contributed by atoms with E-state index in [9.17, 15) is 19.8 Å². The number of benzene rings is 2. The van der Waals surface area contributed by atoms with E-state index in [0.717, 1.165) is 29.5 Å². The number of carbonyl (C=O) groups is 1. The van der Waals surface area contributed by atoms with Crippen molar-refractivity contribution in [2.24, 2.45) is 0 Å². The average Bonchev–Trinajstić information content (AvgIpc) is 2.74. The topological polar surface area (TPSA) is 110 Å². The predicted octanol–water partition coefficient (Wildman–Crippen LogP) is 4.96. The van der Waals surface area contributed by atoms with E-state index in [0.29, 0.717) is 18.5 Å². The minimum atomic E-state index is -2.44. The summed E-state index contributed by atoms with van der Waals surface area (Å²) in [6.07, 6.45) is 2.19. The number of carboxylic acid groups (broad SMARTS) is 1. The molecule has 0 saturated heterocycles. The molecule has 0 fully saturated rings. The van der Waals surface area contributed by atoms with Crippen LogP contribution in [-0.4, -0.2) is 46.5 Å². The van der Waals surface area contributed by atoms with E-state index in [1.807, 2.05) is 37.4 Å². The average molecular weight is 502 g/mol. The van der Waals surface area contributed by atoms with Crippen molar-refractivity contribution in [1.82, 2.24) is 5.32 Å². The van der Waals surface area contributed by atoms with Crippen LogP contribution in [0.15, 0.2) is 42.5 Å². The highest BCUT2D eigenvalue weighted by Crippen LogP contribution is 2.44. The van der Waals surface area contributed by atoms with Crippen LogP contribution in [0, 0.1) is 0 Å². The predicted molar refractivity (Wildman–Crippen MR) is 143 cm³/mol. The molecule has 194 valence electrons.